The van der Waals surface area contributed by atoms with Gasteiger partial charge < -0.3 is 10.2 Å². The highest BCUT2D eigenvalue weighted by Gasteiger charge is 2.35. The number of pyridine rings is 1. The molecular formula is C12H15F3N4O2. The molecule has 2 rings (SSSR count). The van der Waals surface area contributed by atoms with Gasteiger partial charge in [0.1, 0.15) is 17.6 Å². The highest BCUT2D eigenvalue weighted by Crippen LogP contribution is 2.34. The van der Waals surface area contributed by atoms with Gasteiger partial charge in [-0.1, -0.05) is 0 Å². The second-order valence-electron chi connectivity index (χ2n) is 4.99. The lowest BCUT2D eigenvalue weighted by atomic mass is 10.2. The van der Waals surface area contributed by atoms with E-state index in [1.807, 2.05) is 0 Å². The third kappa shape index (κ3) is 3.60. The van der Waals surface area contributed by atoms with E-state index < -0.39 is 22.5 Å². The predicted molar refractivity (Wildman–Crippen MR) is 70.2 cm³/mol. The molecule has 0 aromatic carbocycles. The first-order valence-corrected chi connectivity index (χ1v) is 6.45. The van der Waals surface area contributed by atoms with Gasteiger partial charge in [-0.2, -0.15) is 13.2 Å². The van der Waals surface area contributed by atoms with Gasteiger partial charge in [0.2, 0.25) is 0 Å². The second-order valence-corrected chi connectivity index (χ2v) is 4.99. The van der Waals surface area contributed by atoms with E-state index in [2.05, 4.69) is 10.3 Å². The molecule has 21 heavy (non-hydrogen) atoms. The minimum Gasteiger partial charge on any atom is -0.367 e. The van der Waals surface area contributed by atoms with Crippen molar-refractivity contribution in [1.82, 2.24) is 10.3 Å². The lowest BCUT2D eigenvalue weighted by Gasteiger charge is -2.23. The van der Waals surface area contributed by atoms with Crippen LogP contribution in [0.5, 0.6) is 0 Å². The summed E-state index contributed by atoms with van der Waals surface area (Å²) in [6.07, 6.45) is -2.08. The maximum absolute atomic E-state index is 12.7. The monoisotopic (exact) mass is 304 g/mol. The summed E-state index contributed by atoms with van der Waals surface area (Å²) in [6, 6.07) is 0.852. The first-order chi connectivity index (χ1) is 9.79. The molecule has 1 aromatic rings. The van der Waals surface area contributed by atoms with E-state index in [1.54, 1.807) is 7.05 Å². The van der Waals surface area contributed by atoms with Crippen molar-refractivity contribution in [3.8, 4) is 0 Å². The molecule has 1 aliphatic rings. The number of nitrogens with zero attached hydrogens (tertiary/aromatic N) is 3. The van der Waals surface area contributed by atoms with Gasteiger partial charge in [-0.25, -0.2) is 4.98 Å². The van der Waals surface area contributed by atoms with Gasteiger partial charge in [-0.05, 0) is 25.5 Å². The Hall–Kier alpha value is -1.90. The van der Waals surface area contributed by atoms with E-state index in [4.69, 9.17) is 0 Å². The Morgan fingerprint density at radius 2 is 2.29 bits per heavy atom. The predicted octanol–water partition coefficient (Wildman–Crippen LogP) is 2.20. The number of anilines is 1. The minimum atomic E-state index is -4.63. The first kappa shape index (κ1) is 15.5. The van der Waals surface area contributed by atoms with E-state index in [1.165, 1.54) is 4.90 Å². The van der Waals surface area contributed by atoms with Crippen molar-refractivity contribution in [2.24, 2.45) is 0 Å². The van der Waals surface area contributed by atoms with Gasteiger partial charge >= 0.3 is 11.9 Å². The molecule has 116 valence electrons. The maximum atomic E-state index is 12.7. The third-order valence-electron chi connectivity index (χ3n) is 3.42. The molecule has 1 unspecified atom stereocenters. The van der Waals surface area contributed by atoms with Crippen LogP contribution in [-0.2, 0) is 6.18 Å². The van der Waals surface area contributed by atoms with E-state index in [9.17, 15) is 23.3 Å². The van der Waals surface area contributed by atoms with Gasteiger partial charge in [-0.15, -0.1) is 0 Å². The zero-order valence-corrected chi connectivity index (χ0v) is 11.4. The van der Waals surface area contributed by atoms with E-state index >= 15 is 0 Å². The van der Waals surface area contributed by atoms with E-state index in [0.717, 1.165) is 25.5 Å². The Morgan fingerprint density at radius 3 is 2.81 bits per heavy atom. The van der Waals surface area contributed by atoms with Crippen molar-refractivity contribution < 1.29 is 18.1 Å². The Balaban J connectivity index is 2.31. The van der Waals surface area contributed by atoms with Crippen molar-refractivity contribution in [3.63, 3.8) is 0 Å². The molecular weight excluding hydrogens is 289 g/mol. The fourth-order valence-electron chi connectivity index (χ4n) is 2.38. The second kappa shape index (κ2) is 5.84. The molecule has 6 nitrogen and oxygen atoms in total. The van der Waals surface area contributed by atoms with Gasteiger partial charge in [0, 0.05) is 19.6 Å². The molecule has 1 aliphatic heterocycles. The smallest absolute Gasteiger partial charge is 0.367 e. The largest absolute Gasteiger partial charge is 0.433 e. The van der Waals surface area contributed by atoms with Crippen molar-refractivity contribution in [2.75, 3.05) is 25.0 Å². The van der Waals surface area contributed by atoms with E-state index in [0.29, 0.717) is 12.7 Å². The van der Waals surface area contributed by atoms with Gasteiger partial charge in [0.25, 0.3) is 0 Å². The quantitative estimate of drug-likeness (QED) is 0.682. The average Bonchev–Trinajstić information content (AvgIpc) is 2.89. The molecule has 1 saturated heterocycles. The summed E-state index contributed by atoms with van der Waals surface area (Å²) in [4.78, 5) is 14.9. The number of nitrogens with one attached hydrogen (secondary N) is 1. The Bertz CT molecular complexity index is 530. The molecule has 0 amide bonds. The normalized spacial score (nSPS) is 18.8. The van der Waals surface area contributed by atoms with Crippen LogP contribution in [0.1, 0.15) is 18.5 Å². The number of likely N-dealkylation sites (N-methyl/N-ethyl adjacent to an activating group) is 1. The molecule has 0 saturated carbocycles. The minimum absolute atomic E-state index is 0.0731. The lowest BCUT2D eigenvalue weighted by molar-refractivity contribution is -0.384. The fraction of sp³-hybridized carbons (Fsp3) is 0.583. The van der Waals surface area contributed by atoms with Crippen LogP contribution in [0.3, 0.4) is 0 Å². The zero-order valence-electron chi connectivity index (χ0n) is 11.4. The van der Waals surface area contributed by atoms with Crippen LogP contribution < -0.4 is 10.2 Å². The summed E-state index contributed by atoms with van der Waals surface area (Å²) in [5.74, 6) is 0. The van der Waals surface area contributed by atoms with Crippen molar-refractivity contribution in [2.45, 2.75) is 25.1 Å². The standard InChI is InChI=1S/C12H15F3N4O2/c1-18(7-8-3-2-4-16-8)9-5-11(12(13,14)15)17-6-10(9)19(20)21/h5-6,8,16H,2-4,7H2,1H3. The van der Waals surface area contributed by atoms with Crippen molar-refractivity contribution >= 4 is 11.4 Å². The fourth-order valence-corrected chi connectivity index (χ4v) is 2.38. The number of hydrogen-bond acceptors (Lipinski definition) is 5. The lowest BCUT2D eigenvalue weighted by Crippen LogP contribution is -2.35. The molecule has 2 heterocycles. The Kier molecular flexibility index (Phi) is 4.31. The number of hydrogen-bond donors (Lipinski definition) is 1. The molecule has 1 atom stereocenters. The Labute approximate surface area is 119 Å². The summed E-state index contributed by atoms with van der Waals surface area (Å²) < 4.78 is 38.1. The topological polar surface area (TPSA) is 71.3 Å². The number of nitro groups is 1. The highest BCUT2D eigenvalue weighted by molar-refractivity contribution is 5.62. The maximum Gasteiger partial charge on any atom is 0.433 e. The average molecular weight is 304 g/mol. The molecule has 0 spiro atoms. The molecule has 1 aromatic heterocycles. The summed E-state index contributed by atoms with van der Waals surface area (Å²) in [6.45, 7) is 1.26. The molecule has 1 N–H and O–H groups in total. The molecule has 1 fully saturated rings. The van der Waals surface area contributed by atoms with Crippen LogP contribution >= 0.6 is 0 Å². The van der Waals surface area contributed by atoms with Crippen molar-refractivity contribution in [1.29, 1.82) is 0 Å². The zero-order chi connectivity index (χ0) is 15.6. The molecule has 0 aliphatic carbocycles. The van der Waals surface area contributed by atoms with Crippen LogP contribution in [0.4, 0.5) is 24.5 Å². The highest BCUT2D eigenvalue weighted by atomic mass is 19.4. The summed E-state index contributed by atoms with van der Waals surface area (Å²) in [5.41, 5.74) is -1.63. The number of aromatic nitrogens is 1. The van der Waals surface area contributed by atoms with Crippen LogP contribution in [0.25, 0.3) is 0 Å². The number of rotatable bonds is 4. The number of halogens is 3. The van der Waals surface area contributed by atoms with E-state index in [-0.39, 0.29) is 11.7 Å². The van der Waals surface area contributed by atoms with Crippen LogP contribution in [0, 0.1) is 10.1 Å². The Morgan fingerprint density at radius 1 is 1.57 bits per heavy atom. The summed E-state index contributed by atoms with van der Waals surface area (Å²) >= 11 is 0. The van der Waals surface area contributed by atoms with Gasteiger partial charge in [0.05, 0.1) is 4.92 Å². The first-order valence-electron chi connectivity index (χ1n) is 6.45. The van der Waals surface area contributed by atoms with Crippen LogP contribution in [0.15, 0.2) is 12.3 Å². The molecule has 9 heteroatoms. The summed E-state index contributed by atoms with van der Waals surface area (Å²) in [7, 11) is 1.54. The van der Waals surface area contributed by atoms with Crippen LogP contribution in [0.2, 0.25) is 0 Å². The van der Waals surface area contributed by atoms with Crippen molar-refractivity contribution in [3.05, 3.63) is 28.1 Å². The summed E-state index contributed by atoms with van der Waals surface area (Å²) in [5, 5.41) is 14.2. The number of alkyl halides is 3. The van der Waals surface area contributed by atoms with Gasteiger partial charge in [-0.3, -0.25) is 10.1 Å². The molecule has 0 radical (unpaired) electrons. The SMILES string of the molecule is CN(CC1CCCN1)c1cc(C(F)(F)F)ncc1[N+](=O)[O-]. The van der Waals surface area contributed by atoms with Crippen LogP contribution in [-0.4, -0.2) is 36.1 Å². The van der Waals surface area contributed by atoms with Gasteiger partial charge in [0.15, 0.2) is 0 Å². The third-order valence-corrected chi connectivity index (χ3v) is 3.42. The molecule has 0 bridgehead atoms.